The van der Waals surface area contributed by atoms with Crippen LogP contribution in [0.5, 0.6) is 0 Å². The Bertz CT molecular complexity index is 984. The van der Waals surface area contributed by atoms with Crippen LogP contribution in [0.3, 0.4) is 0 Å². The monoisotopic (exact) mass is 462 g/mol. The first kappa shape index (κ1) is 24.3. The zero-order chi connectivity index (χ0) is 24.1. The smallest absolute Gasteiger partial charge is 0.251 e. The summed E-state index contributed by atoms with van der Waals surface area (Å²) in [5.74, 6) is 0.676. The van der Waals surface area contributed by atoms with Crippen LogP contribution in [0.4, 0.5) is 11.4 Å². The lowest BCUT2D eigenvalue weighted by atomic mass is 9.87. The van der Waals surface area contributed by atoms with E-state index in [1.165, 1.54) is 24.9 Å². The summed E-state index contributed by atoms with van der Waals surface area (Å²) in [4.78, 5) is 29.8. The Morgan fingerprint density at radius 2 is 1.68 bits per heavy atom. The van der Waals surface area contributed by atoms with Crippen molar-refractivity contribution in [1.29, 1.82) is 0 Å². The van der Waals surface area contributed by atoms with Crippen molar-refractivity contribution in [3.8, 4) is 0 Å². The van der Waals surface area contributed by atoms with Crippen LogP contribution in [0.15, 0.2) is 48.5 Å². The van der Waals surface area contributed by atoms with Gasteiger partial charge in [0.2, 0.25) is 5.91 Å². The summed E-state index contributed by atoms with van der Waals surface area (Å²) in [6, 6.07) is 15.7. The minimum Gasteiger partial charge on any atom is -0.369 e. The van der Waals surface area contributed by atoms with Gasteiger partial charge in [0.1, 0.15) is 0 Å². The molecule has 6 nitrogen and oxygen atoms in total. The van der Waals surface area contributed by atoms with E-state index in [4.69, 9.17) is 0 Å². The summed E-state index contributed by atoms with van der Waals surface area (Å²) in [6.45, 7) is 12.2. The number of hydrogen-bond acceptors (Lipinski definition) is 4. The Morgan fingerprint density at radius 3 is 2.32 bits per heavy atom. The Hall–Kier alpha value is -2.86. The first-order chi connectivity index (χ1) is 16.3. The van der Waals surface area contributed by atoms with Gasteiger partial charge in [-0.15, -0.1) is 0 Å². The molecule has 2 aromatic rings. The third kappa shape index (κ3) is 6.83. The Balaban J connectivity index is 1.21. The van der Waals surface area contributed by atoms with Crippen molar-refractivity contribution in [2.24, 2.45) is 5.92 Å². The average Bonchev–Trinajstić information content (AvgIpc) is 3.63. The maximum atomic E-state index is 12.4. The van der Waals surface area contributed by atoms with Gasteiger partial charge in [0.25, 0.3) is 5.91 Å². The van der Waals surface area contributed by atoms with Crippen LogP contribution < -0.4 is 15.5 Å². The fourth-order valence-corrected chi connectivity index (χ4v) is 4.37. The van der Waals surface area contributed by atoms with Gasteiger partial charge in [0, 0.05) is 62.6 Å². The molecule has 0 spiro atoms. The van der Waals surface area contributed by atoms with E-state index < -0.39 is 0 Å². The lowest BCUT2D eigenvalue weighted by molar-refractivity contribution is -0.116. The molecule has 0 bridgehead atoms. The highest BCUT2D eigenvalue weighted by atomic mass is 16.2. The number of amides is 2. The molecule has 34 heavy (non-hydrogen) atoms. The van der Waals surface area contributed by atoms with Crippen molar-refractivity contribution >= 4 is 23.2 Å². The largest absolute Gasteiger partial charge is 0.369 e. The maximum absolute atomic E-state index is 12.4. The summed E-state index contributed by atoms with van der Waals surface area (Å²) >= 11 is 0. The minimum absolute atomic E-state index is 0.0504. The summed E-state index contributed by atoms with van der Waals surface area (Å²) < 4.78 is 0. The van der Waals surface area contributed by atoms with Gasteiger partial charge in [0.15, 0.2) is 0 Å². The second-order valence-corrected chi connectivity index (χ2v) is 10.7. The normalized spacial score (nSPS) is 16.9. The first-order valence-electron chi connectivity index (χ1n) is 12.5. The number of piperazine rings is 1. The molecule has 0 radical (unpaired) electrons. The van der Waals surface area contributed by atoms with E-state index >= 15 is 0 Å². The van der Waals surface area contributed by atoms with Crippen molar-refractivity contribution in [1.82, 2.24) is 10.2 Å². The molecule has 2 fully saturated rings. The average molecular weight is 463 g/mol. The predicted octanol–water partition coefficient (Wildman–Crippen LogP) is 4.27. The standard InChI is InChI=1S/C28H38N4O2/c1-28(2,3)23-11-9-22(10-12-23)27(34)29-14-13-26(33)30-24-5-4-6-25(19-24)32-17-15-31(16-18-32)20-21-7-8-21/h4-6,9-12,19,21H,7-8,13-18,20H2,1-3H3,(H,29,34)(H,30,33). The van der Waals surface area contributed by atoms with E-state index in [2.05, 4.69) is 47.3 Å². The number of carbonyl (C=O) groups is 2. The van der Waals surface area contributed by atoms with E-state index in [0.717, 1.165) is 43.5 Å². The van der Waals surface area contributed by atoms with Gasteiger partial charge in [-0.1, -0.05) is 39.0 Å². The molecule has 4 rings (SSSR count). The topological polar surface area (TPSA) is 64.7 Å². The molecule has 2 amide bonds. The summed E-state index contributed by atoms with van der Waals surface area (Å²) in [7, 11) is 0. The van der Waals surface area contributed by atoms with Crippen LogP contribution in [-0.4, -0.2) is 56.0 Å². The van der Waals surface area contributed by atoms with Crippen LogP contribution in [0, 0.1) is 5.92 Å². The number of hydrogen-bond donors (Lipinski definition) is 2. The second kappa shape index (κ2) is 10.6. The third-order valence-corrected chi connectivity index (χ3v) is 6.73. The molecular formula is C28H38N4O2. The van der Waals surface area contributed by atoms with Crippen LogP contribution in [0.25, 0.3) is 0 Å². The molecule has 1 saturated carbocycles. The van der Waals surface area contributed by atoms with Gasteiger partial charge in [-0.25, -0.2) is 0 Å². The van der Waals surface area contributed by atoms with Gasteiger partial charge in [-0.3, -0.25) is 14.5 Å². The third-order valence-electron chi connectivity index (χ3n) is 6.73. The number of anilines is 2. The highest BCUT2D eigenvalue weighted by Crippen LogP contribution is 2.30. The molecular weight excluding hydrogens is 424 g/mol. The number of nitrogens with zero attached hydrogens (tertiary/aromatic N) is 2. The molecule has 2 aromatic carbocycles. The summed E-state index contributed by atoms with van der Waals surface area (Å²) in [6.07, 6.45) is 3.03. The second-order valence-electron chi connectivity index (χ2n) is 10.7. The van der Waals surface area contributed by atoms with Crippen molar-refractivity contribution in [3.63, 3.8) is 0 Å². The quantitative estimate of drug-likeness (QED) is 0.615. The molecule has 0 unspecified atom stereocenters. The number of carbonyl (C=O) groups excluding carboxylic acids is 2. The lowest BCUT2D eigenvalue weighted by Gasteiger charge is -2.36. The van der Waals surface area contributed by atoms with Crippen LogP contribution >= 0.6 is 0 Å². The maximum Gasteiger partial charge on any atom is 0.251 e. The van der Waals surface area contributed by atoms with Crippen molar-refractivity contribution in [2.75, 3.05) is 49.5 Å². The first-order valence-corrected chi connectivity index (χ1v) is 12.5. The number of benzene rings is 2. The highest BCUT2D eigenvalue weighted by Gasteiger charge is 2.26. The Kier molecular flexibility index (Phi) is 7.57. The van der Waals surface area contributed by atoms with E-state index in [0.29, 0.717) is 12.1 Å². The Morgan fingerprint density at radius 1 is 0.971 bits per heavy atom. The van der Waals surface area contributed by atoms with Crippen LogP contribution in [0.1, 0.15) is 56.0 Å². The zero-order valence-electron chi connectivity index (χ0n) is 20.8. The fraction of sp³-hybridized carbons (Fsp3) is 0.500. The zero-order valence-corrected chi connectivity index (χ0v) is 20.8. The predicted molar refractivity (Wildman–Crippen MR) is 139 cm³/mol. The summed E-state index contributed by atoms with van der Waals surface area (Å²) in [5, 5.41) is 5.82. The number of nitrogens with one attached hydrogen (secondary N) is 2. The molecule has 2 N–H and O–H groups in total. The van der Waals surface area contributed by atoms with E-state index in [9.17, 15) is 9.59 Å². The van der Waals surface area contributed by atoms with Gasteiger partial charge in [-0.05, 0) is 60.1 Å². The van der Waals surface area contributed by atoms with Crippen molar-refractivity contribution in [3.05, 3.63) is 59.7 Å². The van der Waals surface area contributed by atoms with E-state index in [1.807, 2.05) is 42.5 Å². The van der Waals surface area contributed by atoms with E-state index in [-0.39, 0.29) is 23.7 Å². The number of rotatable bonds is 8. The molecule has 1 aliphatic heterocycles. The van der Waals surface area contributed by atoms with Crippen LogP contribution in [-0.2, 0) is 10.2 Å². The lowest BCUT2D eigenvalue weighted by Crippen LogP contribution is -2.47. The molecule has 1 saturated heterocycles. The van der Waals surface area contributed by atoms with Gasteiger partial charge >= 0.3 is 0 Å². The minimum atomic E-state index is -0.156. The Labute approximate surface area is 203 Å². The molecule has 1 heterocycles. The molecule has 0 atom stereocenters. The molecule has 0 aromatic heterocycles. The fourth-order valence-electron chi connectivity index (χ4n) is 4.37. The molecule has 6 heteroatoms. The van der Waals surface area contributed by atoms with Gasteiger partial charge in [0.05, 0.1) is 0 Å². The highest BCUT2D eigenvalue weighted by molar-refractivity contribution is 5.95. The van der Waals surface area contributed by atoms with Gasteiger partial charge in [-0.2, -0.15) is 0 Å². The molecule has 2 aliphatic rings. The van der Waals surface area contributed by atoms with Crippen molar-refractivity contribution < 1.29 is 9.59 Å². The van der Waals surface area contributed by atoms with Gasteiger partial charge < -0.3 is 15.5 Å². The molecule has 1 aliphatic carbocycles. The SMILES string of the molecule is CC(C)(C)c1ccc(C(=O)NCCC(=O)Nc2cccc(N3CCN(CC4CC4)CC3)c2)cc1. The van der Waals surface area contributed by atoms with Crippen LogP contribution in [0.2, 0.25) is 0 Å². The molecule has 182 valence electrons. The van der Waals surface area contributed by atoms with Crippen molar-refractivity contribution in [2.45, 2.75) is 45.4 Å². The van der Waals surface area contributed by atoms with E-state index in [1.54, 1.807) is 0 Å². The summed E-state index contributed by atoms with van der Waals surface area (Å²) in [5.41, 5.74) is 3.79.